The van der Waals surface area contributed by atoms with Gasteiger partial charge in [-0.3, -0.25) is 4.79 Å². The number of rotatable bonds is 5. The average Bonchev–Trinajstić information content (AvgIpc) is 2.50. The minimum Gasteiger partial charge on any atom is -0.465 e. The largest absolute Gasteiger partial charge is 0.465 e. The van der Waals surface area contributed by atoms with Crippen LogP contribution in [0.1, 0.15) is 12.5 Å². The molecule has 0 amide bonds. The van der Waals surface area contributed by atoms with E-state index in [1.54, 1.807) is 6.92 Å². The highest BCUT2D eigenvalue weighted by Crippen LogP contribution is 2.25. The smallest absolute Gasteiger partial charge is 0.350 e. The minimum absolute atomic E-state index is 0.244. The van der Waals surface area contributed by atoms with Crippen molar-refractivity contribution in [1.82, 2.24) is 0 Å². The molecule has 124 valence electrons. The number of esters is 2. The molecule has 0 radical (unpaired) electrons. The summed E-state index contributed by atoms with van der Waals surface area (Å²) in [6.45, 7) is 2.71. The number of ether oxygens (including phenoxy) is 2. The zero-order chi connectivity index (χ0) is 17.8. The fourth-order valence-corrected chi connectivity index (χ4v) is 3.30. The van der Waals surface area contributed by atoms with Gasteiger partial charge < -0.3 is 9.47 Å². The van der Waals surface area contributed by atoms with Crippen molar-refractivity contribution >= 4 is 27.6 Å². The van der Waals surface area contributed by atoms with Gasteiger partial charge in [-0.15, -0.1) is 0 Å². The van der Waals surface area contributed by atoms with E-state index in [-0.39, 0.29) is 4.90 Å². The first-order valence-electron chi connectivity index (χ1n) is 6.40. The van der Waals surface area contributed by atoms with Crippen molar-refractivity contribution in [2.24, 2.45) is 0 Å². The molecule has 0 aliphatic carbocycles. The molecule has 0 aliphatic rings. The summed E-state index contributed by atoms with van der Waals surface area (Å²) in [6.07, 6.45) is 0. The van der Waals surface area contributed by atoms with Crippen molar-refractivity contribution in [1.29, 1.82) is 0 Å². The van der Waals surface area contributed by atoms with E-state index in [1.165, 1.54) is 24.3 Å². The number of carbonyl (C=O) groups excluding carboxylic acids is 3. The Labute approximate surface area is 133 Å². The van der Waals surface area contributed by atoms with Gasteiger partial charge in [0, 0.05) is 0 Å². The molecule has 0 N–H and O–H groups in total. The number of Topliss-reactive ketones (excluding diaryl/α,β-unsaturated/α-hetero) is 1. The van der Waals surface area contributed by atoms with Crippen molar-refractivity contribution in [2.75, 3.05) is 14.2 Å². The molecule has 0 bridgehead atoms. The first kappa shape index (κ1) is 18.6. The maximum Gasteiger partial charge on any atom is 0.350 e. The molecule has 0 unspecified atom stereocenters. The highest BCUT2D eigenvalue weighted by Gasteiger charge is 2.36. The van der Waals surface area contributed by atoms with Gasteiger partial charge in [0.25, 0.3) is 0 Å². The van der Waals surface area contributed by atoms with Gasteiger partial charge in [-0.05, 0) is 26.0 Å². The van der Waals surface area contributed by atoms with Crippen LogP contribution in [0.25, 0.3) is 0 Å². The van der Waals surface area contributed by atoms with Crippen molar-refractivity contribution in [3.63, 3.8) is 0 Å². The van der Waals surface area contributed by atoms with Gasteiger partial charge in [-0.25, -0.2) is 18.0 Å². The Morgan fingerprint density at radius 3 is 1.78 bits per heavy atom. The molecular weight excluding hydrogens is 324 g/mol. The van der Waals surface area contributed by atoms with Crippen molar-refractivity contribution in [3.05, 3.63) is 40.3 Å². The molecule has 8 heteroatoms. The zero-order valence-electron chi connectivity index (χ0n) is 13.1. The van der Waals surface area contributed by atoms with E-state index in [9.17, 15) is 22.8 Å². The molecule has 0 aliphatic heterocycles. The maximum absolute atomic E-state index is 12.7. The summed E-state index contributed by atoms with van der Waals surface area (Å²) >= 11 is 0. The van der Waals surface area contributed by atoms with Crippen LogP contribution >= 0.6 is 0 Å². The zero-order valence-corrected chi connectivity index (χ0v) is 13.9. The summed E-state index contributed by atoms with van der Waals surface area (Å²) in [5.41, 5.74) is -0.0766. The molecule has 0 heterocycles. The number of carbonyl (C=O) groups is 3. The summed E-state index contributed by atoms with van der Waals surface area (Å²) in [7, 11) is -2.53. The topological polar surface area (TPSA) is 104 Å². The summed E-state index contributed by atoms with van der Waals surface area (Å²) in [5.74, 6) is -3.47. The van der Waals surface area contributed by atoms with Crippen molar-refractivity contribution in [3.8, 4) is 0 Å². The van der Waals surface area contributed by atoms with Crippen molar-refractivity contribution in [2.45, 2.75) is 18.7 Å². The lowest BCUT2D eigenvalue weighted by molar-refractivity contribution is -0.140. The molecule has 1 rings (SSSR count). The summed E-state index contributed by atoms with van der Waals surface area (Å²) < 4.78 is 34.2. The van der Waals surface area contributed by atoms with E-state index in [4.69, 9.17) is 0 Å². The van der Waals surface area contributed by atoms with Crippen LogP contribution in [0.15, 0.2) is 39.6 Å². The molecule has 0 aromatic heterocycles. The normalized spacial score (nSPS) is 12.2. The number of hydrogen-bond acceptors (Lipinski definition) is 7. The van der Waals surface area contributed by atoms with Crippen LogP contribution < -0.4 is 0 Å². The SMILES string of the molecule is COC(=O)/C(C(C)=O)=C(\C(=O)OC)S(=O)(=O)c1ccc(C)cc1. The minimum atomic E-state index is -4.45. The molecule has 0 fully saturated rings. The Morgan fingerprint density at radius 1 is 0.913 bits per heavy atom. The van der Waals surface area contributed by atoms with E-state index in [1.807, 2.05) is 0 Å². The number of hydrogen-bond donors (Lipinski definition) is 0. The fourth-order valence-electron chi connectivity index (χ4n) is 1.77. The Morgan fingerprint density at radius 2 is 1.39 bits per heavy atom. The Hall–Kier alpha value is -2.48. The van der Waals surface area contributed by atoms with Crippen LogP contribution in [-0.2, 0) is 33.7 Å². The monoisotopic (exact) mass is 340 g/mol. The number of methoxy groups -OCH3 is 2. The van der Waals surface area contributed by atoms with Gasteiger partial charge in [-0.1, -0.05) is 17.7 Å². The van der Waals surface area contributed by atoms with E-state index < -0.39 is 38.0 Å². The summed E-state index contributed by atoms with van der Waals surface area (Å²) in [5, 5.41) is 0. The number of benzene rings is 1. The lowest BCUT2D eigenvalue weighted by Crippen LogP contribution is -2.25. The van der Waals surface area contributed by atoms with Crippen LogP contribution in [0.4, 0.5) is 0 Å². The molecule has 7 nitrogen and oxygen atoms in total. The van der Waals surface area contributed by atoms with Gasteiger partial charge in [0.15, 0.2) is 10.7 Å². The van der Waals surface area contributed by atoms with E-state index in [2.05, 4.69) is 9.47 Å². The van der Waals surface area contributed by atoms with E-state index in [0.29, 0.717) is 0 Å². The highest BCUT2D eigenvalue weighted by molar-refractivity contribution is 7.96. The number of aryl methyl sites for hydroxylation is 1. The molecular formula is C15H16O7S. The van der Waals surface area contributed by atoms with Gasteiger partial charge in [0.2, 0.25) is 9.84 Å². The van der Waals surface area contributed by atoms with Gasteiger partial charge in [0.05, 0.1) is 19.1 Å². The first-order valence-corrected chi connectivity index (χ1v) is 7.88. The number of ketones is 1. The first-order chi connectivity index (χ1) is 10.7. The van der Waals surface area contributed by atoms with Gasteiger partial charge >= 0.3 is 11.9 Å². The summed E-state index contributed by atoms with van der Waals surface area (Å²) in [4.78, 5) is 34.1. The van der Waals surface area contributed by atoms with Crippen LogP contribution in [0, 0.1) is 6.92 Å². The maximum atomic E-state index is 12.7. The van der Waals surface area contributed by atoms with Gasteiger partial charge in [0.1, 0.15) is 5.57 Å². The Balaban J connectivity index is 3.78. The molecule has 1 aromatic rings. The standard InChI is InChI=1S/C15H16O7S/c1-9-5-7-11(8-6-9)23(19,20)13(15(18)22-4)12(10(2)16)14(17)21-3/h5-8H,1-4H3/b13-12+. The molecule has 23 heavy (non-hydrogen) atoms. The third-order valence-electron chi connectivity index (χ3n) is 2.94. The predicted octanol–water partition coefficient (Wildman–Crippen LogP) is 0.958. The van der Waals surface area contributed by atoms with Crippen LogP contribution in [-0.4, -0.2) is 40.4 Å². The highest BCUT2D eigenvalue weighted by atomic mass is 32.2. The van der Waals surface area contributed by atoms with Crippen molar-refractivity contribution < 1.29 is 32.3 Å². The molecule has 0 spiro atoms. The second kappa shape index (κ2) is 7.19. The lowest BCUT2D eigenvalue weighted by atomic mass is 10.2. The Bertz CT molecular complexity index is 771. The second-order valence-corrected chi connectivity index (χ2v) is 6.45. The average molecular weight is 340 g/mol. The molecule has 0 atom stereocenters. The quantitative estimate of drug-likeness (QED) is 0.340. The van der Waals surface area contributed by atoms with E-state index >= 15 is 0 Å². The number of sulfone groups is 1. The third kappa shape index (κ3) is 3.84. The van der Waals surface area contributed by atoms with Crippen LogP contribution in [0.5, 0.6) is 0 Å². The predicted molar refractivity (Wildman–Crippen MR) is 80.1 cm³/mol. The molecule has 1 aromatic carbocycles. The van der Waals surface area contributed by atoms with Crippen LogP contribution in [0.2, 0.25) is 0 Å². The summed E-state index contributed by atoms with van der Waals surface area (Å²) in [6, 6.07) is 5.58. The second-order valence-electron chi connectivity index (χ2n) is 4.56. The van der Waals surface area contributed by atoms with Gasteiger partial charge in [-0.2, -0.15) is 0 Å². The molecule has 0 saturated carbocycles. The third-order valence-corrected chi connectivity index (χ3v) is 4.74. The molecule has 0 saturated heterocycles. The fraction of sp³-hybridized carbons (Fsp3) is 0.267. The van der Waals surface area contributed by atoms with Crippen LogP contribution in [0.3, 0.4) is 0 Å². The lowest BCUT2D eigenvalue weighted by Gasteiger charge is -2.11. The van der Waals surface area contributed by atoms with E-state index in [0.717, 1.165) is 26.7 Å². The Kier molecular flexibility index (Phi) is 5.80.